The van der Waals surface area contributed by atoms with E-state index in [4.69, 9.17) is 10.9 Å². The fraction of sp³-hybridized carbons (Fsp3) is 0.500. The van der Waals surface area contributed by atoms with Gasteiger partial charge in [0, 0.05) is 6.54 Å². The number of para-hydroxylation sites is 1. The number of hydrogen-bond donors (Lipinski definition) is 3. The molecule has 5 N–H and O–H groups in total. The average molecular weight is 271 g/mol. The summed E-state index contributed by atoms with van der Waals surface area (Å²) in [5.41, 5.74) is 6.07. The normalized spacial score (nSPS) is 12.4. The lowest BCUT2D eigenvalue weighted by Gasteiger charge is -2.25. The van der Waals surface area contributed by atoms with Crippen molar-refractivity contribution in [2.45, 2.75) is 25.2 Å². The molecule has 0 aliphatic carbocycles. The van der Waals surface area contributed by atoms with Crippen molar-refractivity contribution >= 4 is 15.7 Å². The van der Waals surface area contributed by atoms with Crippen molar-refractivity contribution in [3.63, 3.8) is 0 Å². The maximum Gasteiger partial charge on any atom is 0.240 e. The Kier molecular flexibility index (Phi) is 4.72. The highest BCUT2D eigenvalue weighted by atomic mass is 32.2. The second-order valence-corrected chi connectivity index (χ2v) is 6.63. The Morgan fingerprint density at radius 1 is 1.28 bits per heavy atom. The fourth-order valence-corrected chi connectivity index (χ4v) is 2.39. The molecule has 0 spiro atoms. The first-order valence-corrected chi connectivity index (χ1v) is 7.37. The van der Waals surface area contributed by atoms with E-state index in [1.165, 1.54) is 6.07 Å². The molecule has 18 heavy (non-hydrogen) atoms. The number of rotatable bonds is 6. The number of hydrogen-bond acceptors (Lipinski definition) is 4. The summed E-state index contributed by atoms with van der Waals surface area (Å²) in [5.74, 6) is 0. The highest BCUT2D eigenvalue weighted by molar-refractivity contribution is 7.89. The van der Waals surface area contributed by atoms with Crippen LogP contribution in [0.25, 0.3) is 0 Å². The maximum atomic E-state index is 11.4. The molecule has 0 atom stereocenters. The van der Waals surface area contributed by atoms with Crippen molar-refractivity contribution in [2.24, 2.45) is 16.3 Å². The zero-order chi connectivity index (χ0) is 13.8. The average Bonchev–Trinajstić information content (AvgIpc) is 2.26. The van der Waals surface area contributed by atoms with Crippen LogP contribution in [0.2, 0.25) is 0 Å². The molecule has 1 aromatic carbocycles. The third-order valence-electron chi connectivity index (χ3n) is 2.77. The summed E-state index contributed by atoms with van der Waals surface area (Å²) < 4.78 is 22.8. The summed E-state index contributed by atoms with van der Waals surface area (Å²) in [5, 5.41) is 8.30. The highest BCUT2D eigenvalue weighted by Gasteiger charge is 2.18. The second-order valence-electron chi connectivity index (χ2n) is 5.10. The Morgan fingerprint density at radius 3 is 2.44 bits per heavy atom. The minimum absolute atomic E-state index is 0.000220. The van der Waals surface area contributed by atoms with Crippen LogP contribution < -0.4 is 16.2 Å². The molecular formula is C12H21N3O2S. The summed E-state index contributed by atoms with van der Waals surface area (Å²) in [7, 11) is -3.70. The lowest BCUT2D eigenvalue weighted by molar-refractivity contribution is 0.365. The molecule has 102 valence electrons. The molecule has 0 saturated heterocycles. The smallest absolute Gasteiger partial charge is 0.240 e. The van der Waals surface area contributed by atoms with Gasteiger partial charge in [0.15, 0.2) is 0 Å². The molecule has 0 unspecified atom stereocenters. The van der Waals surface area contributed by atoms with Gasteiger partial charge in [0.2, 0.25) is 10.0 Å². The number of benzene rings is 1. The van der Waals surface area contributed by atoms with Crippen LogP contribution in [0, 0.1) is 5.41 Å². The van der Waals surface area contributed by atoms with Crippen molar-refractivity contribution in [2.75, 3.05) is 18.4 Å². The molecule has 0 aromatic heterocycles. The van der Waals surface area contributed by atoms with Gasteiger partial charge in [0.25, 0.3) is 0 Å². The highest BCUT2D eigenvalue weighted by Crippen LogP contribution is 2.24. The predicted molar refractivity (Wildman–Crippen MR) is 73.8 cm³/mol. The minimum atomic E-state index is -3.70. The second kappa shape index (κ2) is 5.69. The quantitative estimate of drug-likeness (QED) is 0.722. The topological polar surface area (TPSA) is 98.2 Å². The SMILES string of the molecule is CC(C)(CCN)CNc1ccccc1S(N)(=O)=O. The fourth-order valence-electron chi connectivity index (χ4n) is 1.67. The van der Waals surface area contributed by atoms with Crippen LogP contribution >= 0.6 is 0 Å². The maximum absolute atomic E-state index is 11.4. The summed E-state index contributed by atoms with van der Waals surface area (Å²) in [6.45, 7) is 5.39. The largest absolute Gasteiger partial charge is 0.383 e. The van der Waals surface area contributed by atoms with Crippen LogP contribution in [0.5, 0.6) is 0 Å². The van der Waals surface area contributed by atoms with E-state index in [2.05, 4.69) is 19.2 Å². The number of primary sulfonamides is 1. The van der Waals surface area contributed by atoms with E-state index in [0.717, 1.165) is 6.42 Å². The number of anilines is 1. The number of nitrogens with one attached hydrogen (secondary N) is 1. The first kappa shape index (κ1) is 14.9. The molecule has 0 saturated carbocycles. The first-order valence-electron chi connectivity index (χ1n) is 5.82. The molecule has 0 heterocycles. The van der Waals surface area contributed by atoms with Gasteiger partial charge in [-0.2, -0.15) is 0 Å². The van der Waals surface area contributed by atoms with Crippen molar-refractivity contribution in [3.05, 3.63) is 24.3 Å². The zero-order valence-corrected chi connectivity index (χ0v) is 11.6. The third-order valence-corrected chi connectivity index (χ3v) is 3.74. The van der Waals surface area contributed by atoms with Crippen molar-refractivity contribution in [1.29, 1.82) is 0 Å². The van der Waals surface area contributed by atoms with Crippen LogP contribution in [0.1, 0.15) is 20.3 Å². The lowest BCUT2D eigenvalue weighted by Crippen LogP contribution is -2.27. The van der Waals surface area contributed by atoms with Gasteiger partial charge < -0.3 is 11.1 Å². The van der Waals surface area contributed by atoms with Crippen molar-refractivity contribution < 1.29 is 8.42 Å². The van der Waals surface area contributed by atoms with Crippen molar-refractivity contribution in [1.82, 2.24) is 0 Å². The molecule has 0 amide bonds. The van der Waals surface area contributed by atoms with Crippen LogP contribution in [-0.4, -0.2) is 21.5 Å². The van der Waals surface area contributed by atoms with E-state index in [-0.39, 0.29) is 10.3 Å². The van der Waals surface area contributed by atoms with E-state index in [0.29, 0.717) is 18.8 Å². The Morgan fingerprint density at radius 2 is 1.89 bits per heavy atom. The Bertz CT molecular complexity index is 498. The first-order chi connectivity index (χ1) is 8.26. The standard InChI is InChI=1S/C12H21N3O2S/c1-12(2,7-8-13)9-15-10-5-3-4-6-11(10)18(14,16)17/h3-6,15H,7-9,13H2,1-2H3,(H2,14,16,17). The summed E-state index contributed by atoms with van der Waals surface area (Å²) in [4.78, 5) is 0.119. The third kappa shape index (κ3) is 4.29. The Labute approximate surface area is 109 Å². The molecule has 1 aromatic rings. The summed E-state index contributed by atoms with van der Waals surface area (Å²) in [6, 6.07) is 6.62. The molecule has 5 nitrogen and oxygen atoms in total. The van der Waals surface area contributed by atoms with Gasteiger partial charge >= 0.3 is 0 Å². The molecule has 0 radical (unpaired) electrons. The van der Waals surface area contributed by atoms with Crippen molar-refractivity contribution in [3.8, 4) is 0 Å². The van der Waals surface area contributed by atoms with Crippen LogP contribution in [0.15, 0.2) is 29.2 Å². The van der Waals surface area contributed by atoms with Gasteiger partial charge in [-0.25, -0.2) is 13.6 Å². The van der Waals surface area contributed by atoms with Gasteiger partial charge in [-0.15, -0.1) is 0 Å². The Hall–Kier alpha value is -1.11. The number of sulfonamides is 1. The molecule has 0 aliphatic heterocycles. The zero-order valence-electron chi connectivity index (χ0n) is 10.8. The van der Waals surface area contributed by atoms with E-state index in [9.17, 15) is 8.42 Å². The van der Waals surface area contributed by atoms with Crippen LogP contribution in [0.3, 0.4) is 0 Å². The molecule has 0 fully saturated rings. The monoisotopic (exact) mass is 271 g/mol. The molecule has 0 aliphatic rings. The van der Waals surface area contributed by atoms with Crippen LogP contribution in [-0.2, 0) is 10.0 Å². The Balaban J connectivity index is 2.86. The molecular weight excluding hydrogens is 250 g/mol. The van der Waals surface area contributed by atoms with E-state index < -0.39 is 10.0 Å². The number of nitrogens with two attached hydrogens (primary N) is 2. The molecule has 0 bridgehead atoms. The van der Waals surface area contributed by atoms with E-state index in [1.54, 1.807) is 18.2 Å². The minimum Gasteiger partial charge on any atom is -0.383 e. The molecule has 1 rings (SSSR count). The summed E-state index contributed by atoms with van der Waals surface area (Å²) >= 11 is 0. The van der Waals surface area contributed by atoms with Gasteiger partial charge in [-0.3, -0.25) is 0 Å². The predicted octanol–water partition coefficient (Wildman–Crippen LogP) is 1.12. The van der Waals surface area contributed by atoms with Gasteiger partial charge in [-0.05, 0) is 30.5 Å². The summed E-state index contributed by atoms with van der Waals surface area (Å²) in [6.07, 6.45) is 0.859. The molecule has 6 heteroatoms. The van der Waals surface area contributed by atoms with Gasteiger partial charge in [0.1, 0.15) is 4.90 Å². The van der Waals surface area contributed by atoms with E-state index in [1.807, 2.05) is 0 Å². The van der Waals surface area contributed by atoms with E-state index >= 15 is 0 Å². The lowest BCUT2D eigenvalue weighted by atomic mass is 9.89. The van der Waals surface area contributed by atoms with Gasteiger partial charge in [-0.1, -0.05) is 26.0 Å². The van der Waals surface area contributed by atoms with Crippen LogP contribution in [0.4, 0.5) is 5.69 Å². The van der Waals surface area contributed by atoms with Gasteiger partial charge in [0.05, 0.1) is 5.69 Å².